The molecule has 1 aliphatic heterocycles. The van der Waals surface area contributed by atoms with Crippen molar-refractivity contribution in [2.24, 2.45) is 0 Å². The number of carbonyl (C=O) groups excluding carboxylic acids is 1. The van der Waals surface area contributed by atoms with E-state index in [1.807, 2.05) is 18.2 Å². The van der Waals surface area contributed by atoms with Gasteiger partial charge in [0.1, 0.15) is 11.6 Å². The molecule has 6 nitrogen and oxygen atoms in total. The van der Waals surface area contributed by atoms with E-state index in [1.54, 1.807) is 6.08 Å². The van der Waals surface area contributed by atoms with Crippen LogP contribution in [0, 0.1) is 11.3 Å². The van der Waals surface area contributed by atoms with Gasteiger partial charge in [-0.2, -0.15) is 5.26 Å². The SMILES string of the molecule is CCCC1CCCCN1c1ccc2cc(/C=C(\C#N)C(=O)SCCOCCOCCO)ccc2c1. The summed E-state index contributed by atoms with van der Waals surface area (Å²) in [5.74, 6) is 0.466. The first-order valence-electron chi connectivity index (χ1n) is 12.5. The van der Waals surface area contributed by atoms with Crippen LogP contribution in [-0.2, 0) is 14.3 Å². The second kappa shape index (κ2) is 14.9. The molecule has 2 aromatic carbocycles. The minimum atomic E-state index is -0.255. The summed E-state index contributed by atoms with van der Waals surface area (Å²) in [4.78, 5) is 15.0. The van der Waals surface area contributed by atoms with Gasteiger partial charge in [0.25, 0.3) is 0 Å². The third-order valence-corrected chi connectivity index (χ3v) is 7.00. The number of hydrogen-bond acceptors (Lipinski definition) is 7. The molecule has 3 rings (SSSR count). The lowest BCUT2D eigenvalue weighted by molar-refractivity contribution is -0.107. The third-order valence-electron chi connectivity index (χ3n) is 6.15. The Morgan fingerprint density at radius 2 is 1.91 bits per heavy atom. The van der Waals surface area contributed by atoms with Crippen molar-refractivity contribution in [3.05, 3.63) is 47.5 Å². The van der Waals surface area contributed by atoms with Gasteiger partial charge >= 0.3 is 0 Å². The minimum Gasteiger partial charge on any atom is -0.394 e. The first kappa shape index (κ1) is 27.2. The van der Waals surface area contributed by atoms with Crippen LogP contribution >= 0.6 is 11.8 Å². The Kier molecular flexibility index (Phi) is 11.6. The summed E-state index contributed by atoms with van der Waals surface area (Å²) in [6, 6.07) is 15.3. The van der Waals surface area contributed by atoms with Crippen molar-refractivity contribution >= 4 is 39.4 Å². The van der Waals surface area contributed by atoms with Gasteiger partial charge in [0, 0.05) is 24.0 Å². The Labute approximate surface area is 212 Å². The van der Waals surface area contributed by atoms with Gasteiger partial charge in [-0.15, -0.1) is 0 Å². The molecule has 0 spiro atoms. The van der Waals surface area contributed by atoms with E-state index in [9.17, 15) is 10.1 Å². The summed E-state index contributed by atoms with van der Waals surface area (Å²) < 4.78 is 10.5. The fourth-order valence-corrected chi connectivity index (χ4v) is 5.10. The number of carbonyl (C=O) groups is 1. The lowest BCUT2D eigenvalue weighted by Crippen LogP contribution is -2.39. The molecule has 0 bridgehead atoms. The third kappa shape index (κ3) is 8.36. The van der Waals surface area contributed by atoms with E-state index in [0.717, 1.165) is 29.3 Å². The van der Waals surface area contributed by atoms with Crippen LogP contribution in [0.15, 0.2) is 42.0 Å². The Bertz CT molecular complexity index is 1030. The second-order valence-electron chi connectivity index (χ2n) is 8.68. The van der Waals surface area contributed by atoms with Crippen LogP contribution in [0.5, 0.6) is 0 Å². The Morgan fingerprint density at radius 3 is 2.69 bits per heavy atom. The number of nitriles is 1. The molecule has 1 N–H and O–H groups in total. The molecule has 1 unspecified atom stereocenters. The van der Waals surface area contributed by atoms with E-state index in [1.165, 1.54) is 43.2 Å². The van der Waals surface area contributed by atoms with Crippen molar-refractivity contribution in [1.29, 1.82) is 5.26 Å². The van der Waals surface area contributed by atoms with E-state index in [0.29, 0.717) is 38.2 Å². The van der Waals surface area contributed by atoms with E-state index >= 15 is 0 Å². The fourth-order valence-electron chi connectivity index (χ4n) is 4.45. The van der Waals surface area contributed by atoms with E-state index in [4.69, 9.17) is 14.6 Å². The number of fused-ring (bicyclic) bond motifs is 1. The molecule has 0 amide bonds. The number of ether oxygens (including phenoxy) is 2. The number of nitrogens with zero attached hydrogens (tertiary/aromatic N) is 2. The topological polar surface area (TPSA) is 82.8 Å². The van der Waals surface area contributed by atoms with Crippen molar-refractivity contribution in [2.45, 2.75) is 45.1 Å². The number of rotatable bonds is 13. The predicted octanol–water partition coefficient (Wildman–Crippen LogP) is 5.19. The molecular formula is C28H36N2O4S. The highest BCUT2D eigenvalue weighted by Gasteiger charge is 2.22. The molecule has 35 heavy (non-hydrogen) atoms. The normalized spacial score (nSPS) is 16.4. The van der Waals surface area contributed by atoms with Gasteiger partial charge < -0.3 is 19.5 Å². The van der Waals surface area contributed by atoms with Crippen LogP contribution in [0.1, 0.15) is 44.6 Å². The summed E-state index contributed by atoms with van der Waals surface area (Å²) in [5, 5.41) is 20.2. The Morgan fingerprint density at radius 1 is 1.14 bits per heavy atom. The fraction of sp³-hybridized carbons (Fsp3) is 0.500. The Balaban J connectivity index is 1.60. The standard InChI is InChI=1S/C28H36N2O4S/c1-2-5-26-6-3-4-11-30(26)27-10-9-23-18-22(7-8-24(23)20-27)19-25(21-29)28(32)35-17-16-34-15-14-33-13-12-31/h7-10,18-20,26,31H,2-6,11-17H2,1H3/b25-19+. The maximum atomic E-state index is 12.5. The zero-order valence-electron chi connectivity index (χ0n) is 20.6. The number of benzene rings is 2. The number of hydrogen-bond donors (Lipinski definition) is 1. The van der Waals surface area contributed by atoms with Gasteiger partial charge in [-0.3, -0.25) is 4.79 Å². The molecular weight excluding hydrogens is 460 g/mol. The smallest absolute Gasteiger partial charge is 0.229 e. The zero-order valence-corrected chi connectivity index (χ0v) is 21.4. The summed E-state index contributed by atoms with van der Waals surface area (Å²) in [7, 11) is 0. The molecule has 2 aromatic rings. The predicted molar refractivity (Wildman–Crippen MR) is 144 cm³/mol. The molecule has 1 heterocycles. The highest BCUT2D eigenvalue weighted by Crippen LogP contribution is 2.30. The van der Waals surface area contributed by atoms with Gasteiger partial charge in [-0.05, 0) is 66.3 Å². The molecule has 1 fully saturated rings. The number of aliphatic hydroxyl groups excluding tert-OH is 1. The summed E-state index contributed by atoms with van der Waals surface area (Å²) >= 11 is 1.08. The van der Waals surface area contributed by atoms with Gasteiger partial charge in [-0.1, -0.05) is 43.3 Å². The summed E-state index contributed by atoms with van der Waals surface area (Å²) in [5.41, 5.74) is 2.26. The van der Waals surface area contributed by atoms with Gasteiger partial charge in [-0.25, -0.2) is 0 Å². The molecule has 1 saturated heterocycles. The van der Waals surface area contributed by atoms with Crippen LogP contribution in [0.25, 0.3) is 16.8 Å². The van der Waals surface area contributed by atoms with Crippen molar-refractivity contribution < 1.29 is 19.4 Å². The van der Waals surface area contributed by atoms with Crippen molar-refractivity contribution in [2.75, 3.05) is 50.2 Å². The number of piperidine rings is 1. The summed E-state index contributed by atoms with van der Waals surface area (Å²) in [6.45, 7) is 4.86. The zero-order chi connectivity index (χ0) is 24.9. The average molecular weight is 497 g/mol. The first-order valence-corrected chi connectivity index (χ1v) is 13.5. The van der Waals surface area contributed by atoms with Crippen LogP contribution in [0.3, 0.4) is 0 Å². The minimum absolute atomic E-state index is 0.00998. The number of anilines is 1. The van der Waals surface area contributed by atoms with Crippen molar-refractivity contribution in [3.8, 4) is 6.07 Å². The molecule has 1 atom stereocenters. The monoisotopic (exact) mass is 496 g/mol. The summed E-state index contributed by atoms with van der Waals surface area (Å²) in [6.07, 6.45) is 7.93. The lowest BCUT2D eigenvalue weighted by atomic mass is 9.96. The van der Waals surface area contributed by atoms with E-state index in [2.05, 4.69) is 36.1 Å². The maximum Gasteiger partial charge on any atom is 0.229 e. The van der Waals surface area contributed by atoms with E-state index in [-0.39, 0.29) is 17.3 Å². The molecule has 7 heteroatoms. The largest absolute Gasteiger partial charge is 0.394 e. The molecule has 188 valence electrons. The van der Waals surface area contributed by atoms with Gasteiger partial charge in [0.2, 0.25) is 5.12 Å². The number of aliphatic hydroxyl groups is 1. The van der Waals surface area contributed by atoms with Crippen LogP contribution in [0.2, 0.25) is 0 Å². The quantitative estimate of drug-likeness (QED) is 0.232. The van der Waals surface area contributed by atoms with Crippen LogP contribution in [0.4, 0.5) is 5.69 Å². The molecule has 0 radical (unpaired) electrons. The number of thioether (sulfide) groups is 1. The Hall–Kier alpha value is -2.37. The van der Waals surface area contributed by atoms with Gasteiger partial charge in [0.15, 0.2) is 0 Å². The molecule has 0 aromatic heterocycles. The molecule has 0 saturated carbocycles. The molecule has 0 aliphatic carbocycles. The molecule has 1 aliphatic rings. The van der Waals surface area contributed by atoms with Gasteiger partial charge in [0.05, 0.1) is 33.0 Å². The van der Waals surface area contributed by atoms with Crippen LogP contribution < -0.4 is 4.90 Å². The highest BCUT2D eigenvalue weighted by atomic mass is 32.2. The lowest BCUT2D eigenvalue weighted by Gasteiger charge is -2.37. The average Bonchev–Trinajstić information content (AvgIpc) is 2.89. The van der Waals surface area contributed by atoms with Crippen molar-refractivity contribution in [3.63, 3.8) is 0 Å². The first-order chi connectivity index (χ1) is 17.2. The second-order valence-corrected chi connectivity index (χ2v) is 9.74. The highest BCUT2D eigenvalue weighted by molar-refractivity contribution is 8.14. The van der Waals surface area contributed by atoms with Crippen LogP contribution in [-0.4, -0.2) is 61.6 Å². The van der Waals surface area contributed by atoms with E-state index < -0.39 is 0 Å². The van der Waals surface area contributed by atoms with Crippen molar-refractivity contribution in [1.82, 2.24) is 0 Å². The maximum absolute atomic E-state index is 12.5.